The van der Waals surface area contributed by atoms with Gasteiger partial charge in [-0.1, -0.05) is 123 Å². The number of aliphatic hydroxyl groups excluding tert-OH is 1. The first-order chi connectivity index (χ1) is 23.7. The van der Waals surface area contributed by atoms with Crippen molar-refractivity contribution in [2.24, 2.45) is 16.7 Å². The van der Waals surface area contributed by atoms with E-state index in [9.17, 15) is 9.90 Å². The van der Waals surface area contributed by atoms with Gasteiger partial charge in [-0.05, 0) is 77.6 Å². The van der Waals surface area contributed by atoms with Gasteiger partial charge in [0.1, 0.15) is 12.1 Å². The van der Waals surface area contributed by atoms with Crippen molar-refractivity contribution in [3.63, 3.8) is 0 Å². The molecule has 0 unspecified atom stereocenters. The Labute approximate surface area is 319 Å². The minimum Gasteiger partial charge on any atom is -0.512 e. The van der Waals surface area contributed by atoms with Crippen LogP contribution in [0, 0.1) is 22.8 Å². The molecule has 0 spiro atoms. The smallest absolute Gasteiger partial charge is 0.164 e. The molecule has 5 heteroatoms. The molecule has 0 aliphatic heterocycles. The maximum Gasteiger partial charge on any atom is 0.164 e. The van der Waals surface area contributed by atoms with Crippen molar-refractivity contribution in [3.05, 3.63) is 108 Å². The number of nitrogens with zero attached hydrogens (tertiary/aromatic N) is 2. The Morgan fingerprint density at radius 3 is 2.06 bits per heavy atom. The van der Waals surface area contributed by atoms with Gasteiger partial charge in [0.25, 0.3) is 0 Å². The summed E-state index contributed by atoms with van der Waals surface area (Å²) in [6.07, 6.45) is 7.51. The zero-order valence-corrected chi connectivity index (χ0v) is 34.6. The molecule has 1 aliphatic carbocycles. The number of allylic oxidation sites excluding steroid dienone is 2. The number of aromatic nitrogens is 2. The van der Waals surface area contributed by atoms with Crippen molar-refractivity contribution in [1.82, 2.24) is 9.97 Å². The van der Waals surface area contributed by atoms with Gasteiger partial charge in [0.05, 0.1) is 5.69 Å². The molecular formula is C46H55IrN2O2-. The van der Waals surface area contributed by atoms with Gasteiger partial charge >= 0.3 is 0 Å². The zero-order chi connectivity index (χ0) is 36.4. The third-order valence-electron chi connectivity index (χ3n) is 11.6. The molecule has 1 N–H and O–H groups in total. The number of benzene rings is 4. The molecule has 4 nitrogen and oxygen atoms in total. The standard InChI is InChI=1S/C31H27N2.C15H28O2.Ir/c1-19(2)13-23-15-24(14-22-11-7-8-12-25(22)23)29-28-26-16-20-9-5-6-10-21(20)17-27(26)31(3,4)30(28)33-18-32-29;1-7-14(5,8-2)12(16)11-13(17)15(6,9-3)10-4;/h5-12,15-19H,13H2,1-4H3;11,16H,7-10H2,1-6H3;/q-1;;/b;12-11-;. The number of carbonyl (C=O) groups excluding carboxylic acids is 1. The van der Waals surface area contributed by atoms with Crippen LogP contribution in [0.3, 0.4) is 0 Å². The molecule has 271 valence electrons. The number of hydrogen-bond acceptors (Lipinski definition) is 4. The number of hydrogen-bond donors (Lipinski definition) is 1. The normalized spacial score (nSPS) is 13.7. The van der Waals surface area contributed by atoms with E-state index < -0.39 is 0 Å². The molecule has 0 amide bonds. The first kappa shape index (κ1) is 40.1. The Balaban J connectivity index is 0.000000279. The minimum absolute atomic E-state index is 0. The number of aliphatic hydroxyl groups is 1. The van der Waals surface area contributed by atoms with Gasteiger partial charge in [-0.25, -0.2) is 4.98 Å². The number of rotatable bonds is 10. The molecule has 0 saturated carbocycles. The van der Waals surface area contributed by atoms with Crippen LogP contribution in [0.1, 0.15) is 112 Å². The summed E-state index contributed by atoms with van der Waals surface area (Å²) in [6, 6.07) is 27.8. The van der Waals surface area contributed by atoms with E-state index in [4.69, 9.17) is 9.97 Å². The second kappa shape index (κ2) is 15.9. The Bertz CT molecular complexity index is 2050. The van der Waals surface area contributed by atoms with E-state index in [-0.39, 0.29) is 47.9 Å². The average Bonchev–Trinajstić information content (AvgIpc) is 3.35. The molecule has 51 heavy (non-hydrogen) atoms. The summed E-state index contributed by atoms with van der Waals surface area (Å²) in [6.45, 7) is 21.2. The topological polar surface area (TPSA) is 63.1 Å². The van der Waals surface area contributed by atoms with Crippen LogP contribution < -0.4 is 0 Å². The summed E-state index contributed by atoms with van der Waals surface area (Å²) in [7, 11) is 0. The molecule has 0 fully saturated rings. The summed E-state index contributed by atoms with van der Waals surface area (Å²) in [5.74, 6) is 0.861. The van der Waals surface area contributed by atoms with Gasteiger partial charge < -0.3 is 5.11 Å². The summed E-state index contributed by atoms with van der Waals surface area (Å²) < 4.78 is 0. The fraction of sp³-hybridized carbons (Fsp3) is 0.413. The van der Waals surface area contributed by atoms with Crippen molar-refractivity contribution < 1.29 is 30.0 Å². The summed E-state index contributed by atoms with van der Waals surface area (Å²) in [4.78, 5) is 21.8. The van der Waals surface area contributed by atoms with Crippen LogP contribution in [0.2, 0.25) is 0 Å². The van der Waals surface area contributed by atoms with Crippen LogP contribution in [0.15, 0.2) is 84.9 Å². The molecule has 1 aromatic heterocycles. The number of ketones is 1. The summed E-state index contributed by atoms with van der Waals surface area (Å²) in [5, 5.41) is 15.1. The van der Waals surface area contributed by atoms with Crippen molar-refractivity contribution in [1.29, 1.82) is 0 Å². The Kier molecular flexibility index (Phi) is 12.5. The van der Waals surface area contributed by atoms with Gasteiger partial charge in [-0.2, -0.15) is 0 Å². The molecule has 5 aromatic rings. The molecule has 0 saturated heterocycles. The minimum atomic E-state index is -0.337. The maximum atomic E-state index is 12.2. The van der Waals surface area contributed by atoms with Gasteiger partial charge in [0.15, 0.2) is 5.78 Å². The molecular weight excluding hydrogens is 805 g/mol. The van der Waals surface area contributed by atoms with Gasteiger partial charge in [0, 0.05) is 48.1 Å². The monoisotopic (exact) mass is 860 g/mol. The van der Waals surface area contributed by atoms with Crippen molar-refractivity contribution in [2.75, 3.05) is 0 Å². The predicted octanol–water partition coefficient (Wildman–Crippen LogP) is 12.4. The molecule has 6 rings (SSSR count). The molecule has 4 aromatic carbocycles. The molecule has 1 radical (unpaired) electrons. The maximum absolute atomic E-state index is 12.2. The van der Waals surface area contributed by atoms with Crippen molar-refractivity contribution >= 4 is 27.3 Å². The van der Waals surface area contributed by atoms with Gasteiger partial charge in [-0.15, -0.1) is 29.1 Å². The second-order valence-corrected chi connectivity index (χ2v) is 15.6. The van der Waals surface area contributed by atoms with E-state index in [1.807, 2.05) is 41.5 Å². The van der Waals surface area contributed by atoms with Gasteiger partial charge in [-0.3, -0.25) is 9.78 Å². The Morgan fingerprint density at radius 1 is 0.863 bits per heavy atom. The summed E-state index contributed by atoms with van der Waals surface area (Å²) >= 11 is 0. The quantitative estimate of drug-likeness (QED) is 0.0863. The van der Waals surface area contributed by atoms with Crippen LogP contribution >= 0.6 is 0 Å². The first-order valence-corrected chi connectivity index (χ1v) is 18.5. The number of carbonyl (C=O) groups is 1. The van der Waals surface area contributed by atoms with Crippen LogP contribution in [0.25, 0.3) is 43.9 Å². The van der Waals surface area contributed by atoms with E-state index in [0.717, 1.165) is 60.0 Å². The van der Waals surface area contributed by atoms with Crippen molar-refractivity contribution in [3.8, 4) is 22.4 Å². The average molecular weight is 860 g/mol. The van der Waals surface area contributed by atoms with E-state index in [0.29, 0.717) is 5.92 Å². The fourth-order valence-corrected chi connectivity index (χ4v) is 7.14. The molecule has 0 atom stereocenters. The van der Waals surface area contributed by atoms with Crippen LogP contribution in [-0.4, -0.2) is 20.9 Å². The molecule has 1 aliphatic rings. The van der Waals surface area contributed by atoms with E-state index in [2.05, 4.69) is 100 Å². The van der Waals surface area contributed by atoms with E-state index >= 15 is 0 Å². The van der Waals surface area contributed by atoms with Crippen LogP contribution in [0.4, 0.5) is 0 Å². The summed E-state index contributed by atoms with van der Waals surface area (Å²) in [5.41, 5.74) is 7.45. The number of fused-ring (bicyclic) bond motifs is 5. The van der Waals surface area contributed by atoms with Crippen LogP contribution in [-0.2, 0) is 36.7 Å². The first-order valence-electron chi connectivity index (χ1n) is 18.5. The van der Waals surface area contributed by atoms with Crippen LogP contribution in [0.5, 0.6) is 0 Å². The zero-order valence-electron chi connectivity index (χ0n) is 32.2. The SMILES string of the molecule is CC(C)Cc1cc(-c2ncnc3c2-c2cc4ccccc4cc2C3(C)C)[c-]c2ccccc12.CCC(C)(CC)C(=O)/C=C(\O)C(C)(CC)CC.[Ir]. The molecule has 1 heterocycles. The third kappa shape index (κ3) is 7.76. The Morgan fingerprint density at radius 2 is 1.45 bits per heavy atom. The predicted molar refractivity (Wildman–Crippen MR) is 211 cm³/mol. The largest absolute Gasteiger partial charge is 0.512 e. The molecule has 0 bridgehead atoms. The van der Waals surface area contributed by atoms with Gasteiger partial charge in [0.2, 0.25) is 0 Å². The van der Waals surface area contributed by atoms with E-state index in [1.54, 1.807) is 6.33 Å². The fourth-order valence-electron chi connectivity index (χ4n) is 7.14. The third-order valence-corrected chi connectivity index (χ3v) is 11.6. The second-order valence-electron chi connectivity index (χ2n) is 15.6. The Hall–Kier alpha value is -3.66. The van der Waals surface area contributed by atoms with E-state index in [1.165, 1.54) is 38.9 Å². The van der Waals surface area contributed by atoms with Crippen molar-refractivity contribution in [2.45, 2.75) is 107 Å².